The van der Waals surface area contributed by atoms with Crippen LogP contribution in [0.15, 0.2) is 64.1 Å². The fraction of sp³-hybridized carbons (Fsp3) is 0.565. The van der Waals surface area contributed by atoms with Gasteiger partial charge in [-0.1, -0.05) is 29.4 Å². The number of benzene rings is 2. The summed E-state index contributed by atoms with van der Waals surface area (Å²) >= 11 is 0. The Hall–Kier alpha value is -6.26. The number of carbonyl (C=O) groups is 4. The van der Waals surface area contributed by atoms with E-state index in [0.717, 1.165) is 30.1 Å². The van der Waals surface area contributed by atoms with Crippen molar-refractivity contribution in [2.45, 2.75) is 166 Å². The van der Waals surface area contributed by atoms with Gasteiger partial charge in [-0.25, -0.2) is 14.0 Å². The standard InChI is InChI=1S/C62H74FN3O16/c1-30(2)11-10-18-60(8)19-17-35-52(80-60)34(15-12-31(3)4)54-44(53(35)79-58-51(72)50(71)48(69)42(29-67)78-58)49(70)45-46(37-26-43-59(6,7)82-61(55(37)73,62(43,45)81-54)20-16-32(5)57(76)77-9)65-23-21-64(22-24-65)41-27-40-36(25-39(41)63)47(68)38(56(74)75)28-66(40)33-13-14-33/h11-12,16-17,19,25,27-28,33,37,42-43,45-46,48,50-51,58,67,69,71-72H,10,13-15,18,20-24,26,29H2,1-9H3,(H,74,75)/t37?,42-,43?,45?,46?,48-,50+,51-,58+,60?,61?,62?/m0/s1. The minimum absolute atomic E-state index is 0.0362. The van der Waals surface area contributed by atoms with Crippen molar-refractivity contribution in [1.29, 1.82) is 0 Å². The number of aliphatic hydroxyl groups is 4. The number of carbonyl (C=O) groups excluding carboxylic acids is 3. The van der Waals surface area contributed by atoms with Crippen LogP contribution in [-0.4, -0.2) is 158 Å². The number of anilines is 1. The summed E-state index contributed by atoms with van der Waals surface area (Å²) in [5, 5.41) is 53.8. The Bertz CT molecular complexity index is 3360. The largest absolute Gasteiger partial charge is 0.482 e. The van der Waals surface area contributed by atoms with Crippen LogP contribution < -0.4 is 24.5 Å². The van der Waals surface area contributed by atoms with Crippen molar-refractivity contribution in [3.05, 3.63) is 97.6 Å². The first-order valence-corrected chi connectivity index (χ1v) is 28.5. The molecule has 4 aliphatic carbocycles. The van der Waals surface area contributed by atoms with Gasteiger partial charge < -0.3 is 63.4 Å². The second-order valence-corrected chi connectivity index (χ2v) is 24.9. The Morgan fingerprint density at radius 1 is 0.902 bits per heavy atom. The summed E-state index contributed by atoms with van der Waals surface area (Å²) in [6.07, 6.45) is 5.11. The van der Waals surface area contributed by atoms with Crippen LogP contribution >= 0.6 is 0 Å². The molecular weight excluding hydrogens is 1060 g/mol. The number of aromatic carboxylic acids is 1. The summed E-state index contributed by atoms with van der Waals surface area (Å²) in [6, 6.07) is 1.80. The SMILES string of the molecule is COC(=O)C(C)=CCC12OC(C)(C)C3CC(C1=O)C(N1CCN(c4cc5c(cc4F)c(=O)c(C(=O)O)cn5C4CC4)CC1)C1C(=O)c4c(O[C@H]5O[C@@H](CO)[C@H](O)[C@@H](O)[C@@H]5O)c5c(c(CC=C(C)C)c4OC132)OC(C)(CCC=C(C)C)C=C5. The van der Waals surface area contributed by atoms with Gasteiger partial charge in [0.05, 0.1) is 42.0 Å². The number of hydrogen-bond acceptors (Lipinski definition) is 17. The molecule has 12 atom stereocenters. The lowest BCUT2D eigenvalue weighted by Crippen LogP contribution is -2.82. The van der Waals surface area contributed by atoms with Gasteiger partial charge in [-0.3, -0.25) is 19.3 Å². The van der Waals surface area contributed by atoms with Gasteiger partial charge in [-0.15, -0.1) is 0 Å². The van der Waals surface area contributed by atoms with Crippen molar-refractivity contribution >= 4 is 46.2 Å². The third-order valence-electron chi connectivity index (χ3n) is 18.6. The Morgan fingerprint density at radius 2 is 1.61 bits per heavy atom. The lowest BCUT2D eigenvalue weighted by molar-refractivity contribution is -0.277. The lowest BCUT2D eigenvalue weighted by Gasteiger charge is -2.65. The Labute approximate surface area is 474 Å². The van der Waals surface area contributed by atoms with Crippen LogP contribution in [0.4, 0.5) is 10.1 Å². The number of ether oxygens (including phenoxy) is 6. The third-order valence-corrected chi connectivity index (χ3v) is 18.6. The zero-order valence-electron chi connectivity index (χ0n) is 47.8. The summed E-state index contributed by atoms with van der Waals surface area (Å²) in [6.45, 7) is 15.3. The first-order chi connectivity index (χ1) is 38.8. The maximum absolute atomic E-state index is 17.0. The van der Waals surface area contributed by atoms with E-state index in [2.05, 4.69) is 11.0 Å². The molecule has 9 aliphatic rings. The molecule has 5 N–H and O–H groups in total. The van der Waals surface area contributed by atoms with E-state index in [9.17, 15) is 39.9 Å². The van der Waals surface area contributed by atoms with Gasteiger partial charge >= 0.3 is 11.9 Å². The molecule has 7 unspecified atom stereocenters. The van der Waals surface area contributed by atoms with Crippen molar-refractivity contribution in [2.24, 2.45) is 17.8 Å². The first kappa shape index (κ1) is 57.6. The van der Waals surface area contributed by atoms with Gasteiger partial charge in [-0.2, -0.15) is 0 Å². The molecule has 19 nitrogen and oxygen atoms in total. The lowest BCUT2D eigenvalue weighted by atomic mass is 9.44. The maximum Gasteiger partial charge on any atom is 0.341 e. The highest BCUT2D eigenvalue weighted by Crippen LogP contribution is 2.71. The summed E-state index contributed by atoms with van der Waals surface area (Å²) in [4.78, 5) is 75.7. The smallest absolute Gasteiger partial charge is 0.341 e. The van der Waals surface area contributed by atoms with Gasteiger partial charge in [0.15, 0.2) is 22.8 Å². The third kappa shape index (κ3) is 9.04. The predicted octanol–water partition coefficient (Wildman–Crippen LogP) is 6.17. The number of aliphatic hydroxyl groups excluding tert-OH is 4. The molecule has 4 bridgehead atoms. The van der Waals surface area contributed by atoms with Gasteiger partial charge in [0.25, 0.3) is 0 Å². The number of ketones is 2. The number of esters is 1. The molecule has 1 spiro atoms. The Morgan fingerprint density at radius 3 is 2.26 bits per heavy atom. The van der Waals surface area contributed by atoms with E-state index >= 15 is 14.0 Å². The van der Waals surface area contributed by atoms with E-state index in [-0.39, 0.29) is 91.0 Å². The summed E-state index contributed by atoms with van der Waals surface area (Å²) < 4.78 is 58.3. The number of fused-ring (bicyclic) bond motifs is 3. The first-order valence-electron chi connectivity index (χ1n) is 28.5. The molecule has 12 rings (SSSR count). The molecular formula is C62H74FN3O16. The number of carboxylic acid groups (broad SMARTS) is 1. The number of Topliss-reactive ketones (excluding diaryl/α,β-unsaturated/α-hetero) is 2. The number of nitrogens with zero attached hydrogens (tertiary/aromatic N) is 3. The van der Waals surface area contributed by atoms with Gasteiger partial charge in [0.1, 0.15) is 64.2 Å². The van der Waals surface area contributed by atoms with E-state index in [1.807, 2.05) is 65.5 Å². The van der Waals surface area contributed by atoms with Crippen LogP contribution in [0.2, 0.25) is 0 Å². The normalized spacial score (nSPS) is 32.5. The maximum atomic E-state index is 17.0. The quantitative estimate of drug-likeness (QED) is 0.0648. The molecule has 3 aromatic rings. The average Bonchev–Trinajstić information content (AvgIpc) is 1.61. The second-order valence-electron chi connectivity index (χ2n) is 24.9. The van der Waals surface area contributed by atoms with Crippen LogP contribution in [0.5, 0.6) is 17.2 Å². The van der Waals surface area contributed by atoms with Crippen LogP contribution in [0, 0.1) is 23.6 Å². The molecule has 5 aliphatic heterocycles. The molecule has 82 heavy (non-hydrogen) atoms. The molecule has 3 saturated heterocycles. The molecule has 4 saturated carbocycles. The van der Waals surface area contributed by atoms with Crippen molar-refractivity contribution in [3.8, 4) is 17.2 Å². The fourth-order valence-electron chi connectivity index (χ4n) is 14.4. The van der Waals surface area contributed by atoms with Gasteiger partial charge in [-0.05, 0) is 118 Å². The summed E-state index contributed by atoms with van der Waals surface area (Å²) in [5.74, 6) is -5.97. The van der Waals surface area contributed by atoms with E-state index in [0.29, 0.717) is 35.2 Å². The van der Waals surface area contributed by atoms with E-state index in [1.54, 1.807) is 29.7 Å². The Kier molecular flexibility index (Phi) is 14.6. The molecule has 2 aromatic carbocycles. The van der Waals surface area contributed by atoms with Crippen LogP contribution in [0.25, 0.3) is 17.0 Å². The number of pyridine rings is 1. The topological polar surface area (TPSA) is 253 Å². The molecule has 0 radical (unpaired) electrons. The number of methoxy groups -OCH3 is 1. The van der Waals surface area contributed by atoms with E-state index in [4.69, 9.17) is 28.4 Å². The van der Waals surface area contributed by atoms with Crippen LogP contribution in [0.3, 0.4) is 0 Å². The molecule has 7 fully saturated rings. The minimum Gasteiger partial charge on any atom is -0.482 e. The van der Waals surface area contributed by atoms with Crippen molar-refractivity contribution < 1.29 is 77.5 Å². The summed E-state index contributed by atoms with van der Waals surface area (Å²) in [5.41, 5.74) is -3.28. The zero-order valence-corrected chi connectivity index (χ0v) is 47.8. The van der Waals surface area contributed by atoms with Crippen LogP contribution in [-0.2, 0) is 30.2 Å². The number of halogens is 1. The monoisotopic (exact) mass is 1140 g/mol. The highest BCUT2D eigenvalue weighted by Gasteiger charge is 2.86. The minimum atomic E-state index is -1.88. The molecule has 440 valence electrons. The van der Waals surface area contributed by atoms with Crippen molar-refractivity contribution in [2.75, 3.05) is 44.8 Å². The van der Waals surface area contributed by atoms with Crippen LogP contribution in [0.1, 0.15) is 132 Å². The predicted molar refractivity (Wildman–Crippen MR) is 298 cm³/mol. The van der Waals surface area contributed by atoms with Gasteiger partial charge in [0.2, 0.25) is 11.7 Å². The number of rotatable bonds is 15. The number of aromatic nitrogens is 1. The zero-order chi connectivity index (χ0) is 58.9. The van der Waals surface area contributed by atoms with Crippen molar-refractivity contribution in [3.63, 3.8) is 0 Å². The highest BCUT2D eigenvalue weighted by atomic mass is 19.1. The number of allylic oxidation sites excluding steroid dienone is 4. The highest BCUT2D eigenvalue weighted by molar-refractivity contribution is 6.11. The van der Waals surface area contributed by atoms with E-state index in [1.165, 1.54) is 13.3 Å². The second kappa shape index (κ2) is 20.8. The number of piperazine rings is 1. The summed E-state index contributed by atoms with van der Waals surface area (Å²) in [7, 11) is 1.26. The Balaban J connectivity index is 1.09. The number of carboxylic acids is 1. The fourth-order valence-corrected chi connectivity index (χ4v) is 14.4. The van der Waals surface area contributed by atoms with Gasteiger partial charge in [0, 0.05) is 79.2 Å². The molecule has 6 heterocycles. The number of hydrogen-bond donors (Lipinski definition) is 5. The van der Waals surface area contributed by atoms with E-state index < -0.39 is 118 Å². The molecule has 0 amide bonds. The van der Waals surface area contributed by atoms with Crippen molar-refractivity contribution in [1.82, 2.24) is 9.47 Å². The average molecular weight is 1140 g/mol. The molecule has 20 heteroatoms. The molecule has 1 aromatic heterocycles.